The molecule has 1 fully saturated rings. The molecule has 0 spiro atoms. The summed E-state index contributed by atoms with van der Waals surface area (Å²) >= 11 is 0. The number of amides is 1. The molecule has 2 aromatic rings. The number of carbonyl (C=O) groups is 1. The van der Waals surface area contributed by atoms with E-state index >= 15 is 0 Å². The van der Waals surface area contributed by atoms with Crippen LogP contribution in [0, 0.1) is 19.3 Å². The van der Waals surface area contributed by atoms with Crippen molar-refractivity contribution in [2.75, 3.05) is 24.5 Å². The van der Waals surface area contributed by atoms with E-state index < -0.39 is 0 Å². The lowest BCUT2D eigenvalue weighted by Crippen LogP contribution is -2.38. The second-order valence-electron chi connectivity index (χ2n) is 9.32. The van der Waals surface area contributed by atoms with Crippen LogP contribution in [-0.2, 0) is 20.0 Å². The average Bonchev–Trinajstić information content (AvgIpc) is 3.18. The van der Waals surface area contributed by atoms with Crippen molar-refractivity contribution in [3.05, 3.63) is 34.5 Å². The van der Waals surface area contributed by atoms with E-state index in [0.29, 0.717) is 13.1 Å². The van der Waals surface area contributed by atoms with E-state index in [1.54, 1.807) is 0 Å². The minimum Gasteiger partial charge on any atom is -0.355 e. The molecule has 1 saturated heterocycles. The molecular weight excluding hydrogens is 366 g/mol. The number of aromatic nitrogens is 4. The first-order chi connectivity index (χ1) is 13.6. The maximum absolute atomic E-state index is 13.5. The molecule has 0 aromatic carbocycles. The summed E-state index contributed by atoms with van der Waals surface area (Å²) in [6.07, 6.45) is 3.69. The monoisotopic (exact) mass is 397 g/mol. The Balaban J connectivity index is 1.68. The summed E-state index contributed by atoms with van der Waals surface area (Å²) in [5.41, 5.74) is 10.2. The van der Waals surface area contributed by atoms with Crippen molar-refractivity contribution in [1.29, 1.82) is 0 Å². The van der Waals surface area contributed by atoms with E-state index in [2.05, 4.69) is 28.8 Å². The molecule has 0 aliphatic carbocycles. The van der Waals surface area contributed by atoms with E-state index in [1.807, 2.05) is 36.7 Å². The zero-order valence-corrected chi connectivity index (χ0v) is 18.1. The van der Waals surface area contributed by atoms with Gasteiger partial charge in [0.05, 0.1) is 6.20 Å². The fraction of sp³-hybridized carbons (Fsp3) is 0.619. The van der Waals surface area contributed by atoms with Gasteiger partial charge in [0.1, 0.15) is 5.82 Å². The first-order valence-corrected chi connectivity index (χ1v) is 10.3. The highest BCUT2D eigenvalue weighted by Gasteiger charge is 2.34. The quantitative estimate of drug-likeness (QED) is 0.827. The average molecular weight is 398 g/mol. The molecule has 1 atom stereocenters. The van der Waals surface area contributed by atoms with Gasteiger partial charge in [0.25, 0.3) is 5.91 Å². The van der Waals surface area contributed by atoms with Crippen LogP contribution in [-0.4, -0.2) is 56.2 Å². The predicted octanol–water partition coefficient (Wildman–Crippen LogP) is 1.59. The zero-order chi connectivity index (χ0) is 20.9. The third-order valence-electron chi connectivity index (χ3n) is 6.14. The van der Waals surface area contributed by atoms with Gasteiger partial charge in [-0.2, -0.15) is 5.10 Å². The highest BCUT2D eigenvalue weighted by molar-refractivity contribution is 5.91. The normalized spacial score (nSPS) is 21.2. The van der Waals surface area contributed by atoms with Crippen molar-refractivity contribution in [3.63, 3.8) is 0 Å². The Labute approximate surface area is 172 Å². The van der Waals surface area contributed by atoms with Gasteiger partial charge in [0.2, 0.25) is 5.82 Å². The van der Waals surface area contributed by atoms with Crippen molar-refractivity contribution < 1.29 is 4.79 Å². The third-order valence-corrected chi connectivity index (χ3v) is 6.14. The van der Waals surface area contributed by atoms with Crippen LogP contribution in [0.3, 0.4) is 0 Å². The fourth-order valence-electron chi connectivity index (χ4n) is 4.44. The summed E-state index contributed by atoms with van der Waals surface area (Å²) in [6.45, 7) is 11.1. The number of hydrogen-bond acceptors (Lipinski definition) is 6. The van der Waals surface area contributed by atoms with Gasteiger partial charge < -0.3 is 15.5 Å². The third kappa shape index (κ3) is 3.73. The number of nitrogens with two attached hydrogens (primary N) is 1. The molecule has 8 nitrogen and oxygen atoms in total. The molecule has 2 N–H and O–H groups in total. The van der Waals surface area contributed by atoms with Crippen LogP contribution in [0.2, 0.25) is 0 Å². The standard InChI is InChI=1S/C21H31N7O/c1-13-14(2)24-18(25-19(13)27-7-6-16(22)11-27)20(29)28-10-15-9-23-26(5)17(15)8-21(3,4)12-28/h9,16H,6-8,10-12,22H2,1-5H3/t16-/m1/s1. The Kier molecular flexibility index (Phi) is 4.85. The first-order valence-electron chi connectivity index (χ1n) is 10.3. The molecule has 0 bridgehead atoms. The van der Waals surface area contributed by atoms with Crippen molar-refractivity contribution >= 4 is 11.7 Å². The molecule has 2 aromatic heterocycles. The van der Waals surface area contributed by atoms with Gasteiger partial charge in [-0.3, -0.25) is 9.48 Å². The lowest BCUT2D eigenvalue weighted by atomic mass is 9.87. The molecule has 4 heterocycles. The van der Waals surface area contributed by atoms with E-state index in [1.165, 1.54) is 5.69 Å². The molecule has 8 heteroatoms. The number of nitrogens with zero attached hydrogens (tertiary/aromatic N) is 6. The maximum Gasteiger partial charge on any atom is 0.292 e. The van der Waals surface area contributed by atoms with Crippen LogP contribution in [0.25, 0.3) is 0 Å². The number of anilines is 1. The number of fused-ring (bicyclic) bond motifs is 1. The van der Waals surface area contributed by atoms with Crippen LogP contribution in [0.1, 0.15) is 53.4 Å². The van der Waals surface area contributed by atoms with Crippen LogP contribution in [0.5, 0.6) is 0 Å². The molecule has 0 radical (unpaired) electrons. The molecule has 0 saturated carbocycles. The van der Waals surface area contributed by atoms with Gasteiger partial charge in [0, 0.05) is 61.8 Å². The largest absolute Gasteiger partial charge is 0.355 e. The molecule has 1 amide bonds. The number of carbonyl (C=O) groups excluding carboxylic acids is 1. The molecule has 2 aliphatic rings. The second-order valence-corrected chi connectivity index (χ2v) is 9.32. The number of aryl methyl sites for hydroxylation is 2. The summed E-state index contributed by atoms with van der Waals surface area (Å²) in [5, 5.41) is 4.40. The first kappa shape index (κ1) is 19.8. The van der Waals surface area contributed by atoms with Crippen molar-refractivity contribution in [2.45, 2.75) is 53.1 Å². The van der Waals surface area contributed by atoms with Crippen LogP contribution in [0.4, 0.5) is 5.82 Å². The van der Waals surface area contributed by atoms with Crippen molar-refractivity contribution in [3.8, 4) is 0 Å². The van der Waals surface area contributed by atoms with Gasteiger partial charge in [-0.15, -0.1) is 0 Å². The molecule has 2 aliphatic heterocycles. The topological polar surface area (TPSA) is 93.2 Å². The van der Waals surface area contributed by atoms with Gasteiger partial charge in [-0.1, -0.05) is 13.8 Å². The predicted molar refractivity (Wildman–Crippen MR) is 112 cm³/mol. The Morgan fingerprint density at radius 3 is 2.72 bits per heavy atom. The van der Waals surface area contributed by atoms with Crippen LogP contribution >= 0.6 is 0 Å². The van der Waals surface area contributed by atoms with E-state index in [-0.39, 0.29) is 23.2 Å². The Hall–Kier alpha value is -2.48. The minimum atomic E-state index is -0.123. The Morgan fingerprint density at radius 2 is 2.03 bits per heavy atom. The van der Waals surface area contributed by atoms with Crippen molar-refractivity contribution in [2.24, 2.45) is 18.2 Å². The summed E-state index contributed by atoms with van der Waals surface area (Å²) < 4.78 is 1.92. The zero-order valence-electron chi connectivity index (χ0n) is 18.1. The van der Waals surface area contributed by atoms with E-state index in [9.17, 15) is 4.79 Å². The molecule has 29 heavy (non-hydrogen) atoms. The summed E-state index contributed by atoms with van der Waals surface area (Å²) in [6, 6.07) is 0.152. The van der Waals surface area contributed by atoms with Gasteiger partial charge in [-0.25, -0.2) is 9.97 Å². The number of hydrogen-bond donors (Lipinski definition) is 1. The Bertz CT molecular complexity index is 949. The lowest BCUT2D eigenvalue weighted by molar-refractivity contribution is 0.0667. The molecule has 0 unspecified atom stereocenters. The van der Waals surface area contributed by atoms with E-state index in [0.717, 1.165) is 48.6 Å². The van der Waals surface area contributed by atoms with Gasteiger partial charge >= 0.3 is 0 Å². The van der Waals surface area contributed by atoms with Crippen LogP contribution < -0.4 is 10.6 Å². The maximum atomic E-state index is 13.5. The minimum absolute atomic E-state index is 0.0565. The molecule has 156 valence electrons. The summed E-state index contributed by atoms with van der Waals surface area (Å²) in [7, 11) is 1.96. The fourth-order valence-corrected chi connectivity index (χ4v) is 4.44. The molecular formula is C21H31N7O. The van der Waals surface area contributed by atoms with Crippen molar-refractivity contribution in [1.82, 2.24) is 24.6 Å². The smallest absolute Gasteiger partial charge is 0.292 e. The number of rotatable bonds is 2. The Morgan fingerprint density at radius 1 is 1.28 bits per heavy atom. The molecule has 4 rings (SSSR count). The van der Waals surface area contributed by atoms with Gasteiger partial charge in [0.15, 0.2) is 0 Å². The van der Waals surface area contributed by atoms with E-state index in [4.69, 9.17) is 10.7 Å². The van der Waals surface area contributed by atoms with Gasteiger partial charge in [-0.05, 0) is 32.1 Å². The van der Waals surface area contributed by atoms with Crippen LogP contribution in [0.15, 0.2) is 6.20 Å². The summed E-state index contributed by atoms with van der Waals surface area (Å²) in [4.78, 5) is 26.8. The highest BCUT2D eigenvalue weighted by Crippen LogP contribution is 2.31. The lowest BCUT2D eigenvalue weighted by Gasteiger charge is -2.29. The summed E-state index contributed by atoms with van der Waals surface area (Å²) in [5.74, 6) is 0.985. The SMILES string of the molecule is Cc1nc(C(=O)N2Cc3cnn(C)c3CC(C)(C)C2)nc(N2CC[C@@H](N)C2)c1C. The highest BCUT2D eigenvalue weighted by atomic mass is 16.2. The second kappa shape index (κ2) is 7.09.